The van der Waals surface area contributed by atoms with Gasteiger partial charge < -0.3 is 19.0 Å². The Hall–Kier alpha value is -4.25. The number of fused-ring (bicyclic) bond motifs is 1. The minimum atomic E-state index is -1.29. The third kappa shape index (κ3) is 5.69. The zero-order valence-electron chi connectivity index (χ0n) is 22.0. The number of aliphatic carboxylic acids is 1. The number of aromatic nitrogens is 4. The molecule has 1 N–H and O–H groups in total. The number of carbonyl (C=O) groups is 1. The van der Waals surface area contributed by atoms with Gasteiger partial charge in [0.25, 0.3) is 0 Å². The lowest BCUT2D eigenvalue weighted by atomic mass is 10.1. The molecule has 0 saturated heterocycles. The molecule has 11 heteroatoms. The summed E-state index contributed by atoms with van der Waals surface area (Å²) in [4.78, 5) is 20.7. The third-order valence-electron chi connectivity index (χ3n) is 6.14. The minimum Gasteiger partial charge on any atom is -0.487 e. The predicted octanol–water partition coefficient (Wildman–Crippen LogP) is 6.40. The maximum atomic E-state index is 13.4. The molecule has 3 heterocycles. The molecular weight excluding hydrogens is 583 g/mol. The zero-order valence-corrected chi connectivity index (χ0v) is 23.6. The quantitative estimate of drug-likeness (QED) is 0.205. The number of rotatable bonds is 9. The van der Waals surface area contributed by atoms with E-state index in [0.29, 0.717) is 32.5 Å². The lowest BCUT2D eigenvalue weighted by molar-refractivity contribution is -0.145. The van der Waals surface area contributed by atoms with Gasteiger partial charge in [-0.25, -0.2) is 19.2 Å². The number of carboxylic acid groups (broad SMARTS) is 1. The summed E-state index contributed by atoms with van der Waals surface area (Å²) in [5.74, 6) is -0.594. The Morgan fingerprint density at radius 2 is 1.88 bits per heavy atom. The normalized spacial score (nSPS) is 12.4. The van der Waals surface area contributed by atoms with E-state index in [9.17, 15) is 14.3 Å². The van der Waals surface area contributed by atoms with Crippen molar-refractivity contribution in [1.82, 2.24) is 19.7 Å². The van der Waals surface area contributed by atoms with Crippen LogP contribution in [0.5, 0.6) is 11.6 Å². The average Bonchev–Trinajstić information content (AvgIpc) is 3.53. The molecule has 1 unspecified atom stereocenters. The smallest absolute Gasteiger partial charge is 0.345 e. The summed E-state index contributed by atoms with van der Waals surface area (Å²) < 4.78 is 33.7. The zero-order chi connectivity index (χ0) is 28.4. The Morgan fingerprint density at radius 3 is 2.60 bits per heavy atom. The predicted molar refractivity (Wildman–Crippen MR) is 149 cm³/mol. The van der Waals surface area contributed by atoms with Gasteiger partial charge in [0.05, 0.1) is 15.7 Å². The molecular formula is C29H26BrFN4O5. The van der Waals surface area contributed by atoms with E-state index in [1.165, 1.54) is 18.5 Å². The molecule has 0 saturated carbocycles. The first kappa shape index (κ1) is 27.3. The number of hydrogen-bond donors (Lipinski definition) is 1. The number of para-hydroxylation sites is 1. The van der Waals surface area contributed by atoms with E-state index in [1.807, 2.05) is 22.9 Å². The fourth-order valence-electron chi connectivity index (χ4n) is 4.27. The van der Waals surface area contributed by atoms with E-state index in [-0.39, 0.29) is 36.0 Å². The van der Waals surface area contributed by atoms with Crippen LogP contribution in [0.25, 0.3) is 22.4 Å². The fourth-order valence-corrected chi connectivity index (χ4v) is 4.92. The van der Waals surface area contributed by atoms with Gasteiger partial charge in [0.15, 0.2) is 5.76 Å². The number of ether oxygens (including phenoxy) is 2. The Balaban J connectivity index is 1.40. The number of halogens is 2. The molecule has 40 heavy (non-hydrogen) atoms. The van der Waals surface area contributed by atoms with Crippen LogP contribution in [-0.2, 0) is 23.4 Å². The molecule has 0 amide bonds. The molecule has 3 aromatic heterocycles. The Kier molecular flexibility index (Phi) is 7.57. The van der Waals surface area contributed by atoms with Gasteiger partial charge in [-0.15, -0.1) is 0 Å². The van der Waals surface area contributed by atoms with E-state index in [1.54, 1.807) is 30.5 Å². The van der Waals surface area contributed by atoms with Gasteiger partial charge in [0.1, 0.15) is 29.9 Å². The largest absolute Gasteiger partial charge is 0.487 e. The van der Waals surface area contributed by atoms with Gasteiger partial charge in [0, 0.05) is 18.2 Å². The maximum absolute atomic E-state index is 13.4. The van der Waals surface area contributed by atoms with E-state index < -0.39 is 12.1 Å². The van der Waals surface area contributed by atoms with Crippen molar-refractivity contribution >= 4 is 33.0 Å². The van der Waals surface area contributed by atoms with Gasteiger partial charge >= 0.3 is 5.97 Å². The van der Waals surface area contributed by atoms with Crippen LogP contribution < -0.4 is 9.47 Å². The molecule has 9 nitrogen and oxygen atoms in total. The Bertz CT molecular complexity index is 1660. The van der Waals surface area contributed by atoms with Gasteiger partial charge in [0.2, 0.25) is 17.7 Å². The molecule has 5 rings (SSSR count). The van der Waals surface area contributed by atoms with Crippen molar-refractivity contribution in [1.29, 1.82) is 0 Å². The van der Waals surface area contributed by atoms with Crippen LogP contribution in [-0.4, -0.2) is 36.9 Å². The maximum Gasteiger partial charge on any atom is 0.345 e. The monoisotopic (exact) mass is 608 g/mol. The highest BCUT2D eigenvalue weighted by atomic mass is 79.9. The molecule has 206 valence electrons. The van der Waals surface area contributed by atoms with Crippen LogP contribution in [0.4, 0.5) is 4.39 Å². The van der Waals surface area contributed by atoms with Crippen molar-refractivity contribution in [2.24, 2.45) is 0 Å². The number of benzene rings is 2. The molecule has 0 aliphatic carbocycles. The third-order valence-corrected chi connectivity index (χ3v) is 6.90. The van der Waals surface area contributed by atoms with Gasteiger partial charge in [-0.05, 0) is 78.7 Å². The molecule has 2 aromatic carbocycles. The first-order chi connectivity index (χ1) is 19.1. The molecule has 0 radical (unpaired) electrons. The van der Waals surface area contributed by atoms with Crippen molar-refractivity contribution in [3.05, 3.63) is 88.7 Å². The van der Waals surface area contributed by atoms with Gasteiger partial charge in [-0.1, -0.05) is 18.2 Å². The highest BCUT2D eigenvalue weighted by Gasteiger charge is 2.27. The lowest BCUT2D eigenvalue weighted by Crippen LogP contribution is -2.30. The first-order valence-electron chi connectivity index (χ1n) is 12.4. The van der Waals surface area contributed by atoms with E-state index in [0.717, 1.165) is 5.69 Å². The first-order valence-corrected chi connectivity index (χ1v) is 13.2. The molecule has 0 aliphatic rings. The fraction of sp³-hybridized carbons (Fsp3) is 0.241. The topological polar surface area (TPSA) is 113 Å². The highest BCUT2D eigenvalue weighted by molar-refractivity contribution is 9.10. The van der Waals surface area contributed by atoms with Crippen LogP contribution in [0.3, 0.4) is 0 Å². The molecule has 0 spiro atoms. The van der Waals surface area contributed by atoms with Crippen LogP contribution in [0, 0.1) is 5.82 Å². The van der Waals surface area contributed by atoms with Gasteiger partial charge in [-0.3, -0.25) is 4.68 Å². The van der Waals surface area contributed by atoms with Crippen LogP contribution in [0.15, 0.2) is 76.0 Å². The Labute approximate surface area is 237 Å². The second-order valence-corrected chi connectivity index (χ2v) is 10.9. The minimum absolute atomic E-state index is 0.00975. The van der Waals surface area contributed by atoms with E-state index in [2.05, 4.69) is 51.8 Å². The number of furan rings is 1. The van der Waals surface area contributed by atoms with Crippen molar-refractivity contribution < 1.29 is 28.2 Å². The van der Waals surface area contributed by atoms with Crippen LogP contribution in [0.1, 0.15) is 32.0 Å². The second-order valence-electron chi connectivity index (χ2n) is 10.1. The summed E-state index contributed by atoms with van der Waals surface area (Å²) >= 11 is 3.50. The van der Waals surface area contributed by atoms with Crippen molar-refractivity contribution in [2.45, 2.75) is 45.4 Å². The molecule has 5 aromatic rings. The van der Waals surface area contributed by atoms with Crippen LogP contribution >= 0.6 is 15.9 Å². The van der Waals surface area contributed by atoms with Crippen molar-refractivity contribution in [2.75, 3.05) is 0 Å². The summed E-state index contributed by atoms with van der Waals surface area (Å²) in [5.41, 5.74) is 2.12. The van der Waals surface area contributed by atoms with Crippen LogP contribution in [0.2, 0.25) is 0 Å². The van der Waals surface area contributed by atoms with E-state index in [4.69, 9.17) is 13.9 Å². The summed E-state index contributed by atoms with van der Waals surface area (Å²) in [6, 6.07) is 14.9. The summed E-state index contributed by atoms with van der Waals surface area (Å²) in [6.45, 7) is 6.42. The summed E-state index contributed by atoms with van der Waals surface area (Å²) in [6.07, 6.45) is 1.67. The number of nitrogens with zero attached hydrogens (tertiary/aromatic N) is 4. The number of hydrogen-bond acceptors (Lipinski definition) is 7. The molecule has 0 aliphatic heterocycles. The Morgan fingerprint density at radius 1 is 1.12 bits per heavy atom. The van der Waals surface area contributed by atoms with E-state index >= 15 is 0 Å². The molecule has 1 atom stereocenters. The van der Waals surface area contributed by atoms with Gasteiger partial charge in [-0.2, -0.15) is 5.10 Å². The average molecular weight is 609 g/mol. The second kappa shape index (κ2) is 11.1. The highest BCUT2D eigenvalue weighted by Crippen LogP contribution is 2.40. The summed E-state index contributed by atoms with van der Waals surface area (Å²) in [5, 5.41) is 14.8. The number of carboxylic acids is 1. The van der Waals surface area contributed by atoms with Crippen molar-refractivity contribution in [3.8, 4) is 23.0 Å². The SMILES string of the molecule is CC(C)(C)n1nccc1COc1ccccc1CC(Oc1ncnc2oc(-c3ccc(F)cc3)c(Br)c12)C(=O)O. The molecule has 0 bridgehead atoms. The lowest BCUT2D eigenvalue weighted by Gasteiger charge is -2.23. The standard InChI is InChI=1S/C29H26BrFN4O5/c1-29(2,3)35-20(12-13-34-35)15-38-21-7-5-4-6-18(21)14-22(28(36)37)39-26-23-24(30)25(40-27(23)33-16-32-26)17-8-10-19(31)11-9-17/h4-13,16,22H,14-15H2,1-3H3,(H,36,37). The van der Waals surface area contributed by atoms with Crippen molar-refractivity contribution in [3.63, 3.8) is 0 Å². The molecule has 0 fully saturated rings. The summed E-state index contributed by atoms with van der Waals surface area (Å²) in [7, 11) is 0.